The van der Waals surface area contributed by atoms with Gasteiger partial charge in [-0.25, -0.2) is 4.79 Å². The van der Waals surface area contributed by atoms with E-state index in [1.54, 1.807) is 7.11 Å². The standard InChI is InChI=1S/C25H35N3O6/c1-16(2)11-21(23(31)27-19(15-29)13-18-7-10-26-22(18)30)28-24(32)34-25(8-9-25)14-17-5-4-6-20(12-17)33-3/h4-6,12,15-16,18-19,21H,7-11,13-14H2,1-3H3,(H,26,30)(H,27,31)(H,28,32)/t18-,19-,21-/m0/s1. The zero-order valence-electron chi connectivity index (χ0n) is 20.1. The predicted octanol–water partition coefficient (Wildman–Crippen LogP) is 2.12. The van der Waals surface area contributed by atoms with Gasteiger partial charge in [0.2, 0.25) is 11.8 Å². The lowest BCUT2D eigenvalue weighted by Crippen LogP contribution is -2.51. The molecule has 34 heavy (non-hydrogen) atoms. The second-order valence-electron chi connectivity index (χ2n) is 9.69. The number of hydrogen-bond donors (Lipinski definition) is 3. The molecule has 1 aliphatic carbocycles. The summed E-state index contributed by atoms with van der Waals surface area (Å²) in [5.41, 5.74) is 0.419. The maximum atomic E-state index is 12.9. The summed E-state index contributed by atoms with van der Waals surface area (Å²) >= 11 is 0. The molecule has 9 nitrogen and oxygen atoms in total. The molecule has 1 aliphatic heterocycles. The molecule has 0 radical (unpaired) electrons. The molecule has 0 aromatic heterocycles. The average Bonchev–Trinajstić information content (AvgIpc) is 3.42. The Morgan fingerprint density at radius 3 is 2.62 bits per heavy atom. The molecule has 3 amide bonds. The highest BCUT2D eigenvalue weighted by Gasteiger charge is 2.47. The van der Waals surface area contributed by atoms with Gasteiger partial charge < -0.3 is 30.2 Å². The molecule has 1 heterocycles. The van der Waals surface area contributed by atoms with Crippen molar-refractivity contribution in [3.05, 3.63) is 29.8 Å². The number of alkyl carbamates (subject to hydrolysis) is 1. The first-order valence-electron chi connectivity index (χ1n) is 11.9. The summed E-state index contributed by atoms with van der Waals surface area (Å²) in [6, 6.07) is 5.99. The van der Waals surface area contributed by atoms with Gasteiger partial charge in [-0.15, -0.1) is 0 Å². The third kappa shape index (κ3) is 7.20. The van der Waals surface area contributed by atoms with E-state index in [2.05, 4.69) is 16.0 Å². The number of carbonyl (C=O) groups is 4. The Bertz CT molecular complexity index is 898. The van der Waals surface area contributed by atoms with Gasteiger partial charge >= 0.3 is 6.09 Å². The van der Waals surface area contributed by atoms with Crippen molar-refractivity contribution >= 4 is 24.2 Å². The Hall–Kier alpha value is -3.10. The first-order valence-corrected chi connectivity index (χ1v) is 11.9. The summed E-state index contributed by atoms with van der Waals surface area (Å²) in [6.45, 7) is 4.46. The van der Waals surface area contributed by atoms with Crippen LogP contribution >= 0.6 is 0 Å². The van der Waals surface area contributed by atoms with Crippen LogP contribution in [0.3, 0.4) is 0 Å². The number of aldehydes is 1. The molecule has 3 rings (SSSR count). The molecule has 1 aromatic rings. The molecule has 9 heteroatoms. The van der Waals surface area contributed by atoms with Crippen LogP contribution in [0.2, 0.25) is 0 Å². The Kier molecular flexibility index (Phi) is 8.52. The van der Waals surface area contributed by atoms with Crippen molar-refractivity contribution < 1.29 is 28.7 Å². The third-order valence-electron chi connectivity index (χ3n) is 6.29. The summed E-state index contributed by atoms with van der Waals surface area (Å²) in [7, 11) is 1.60. The van der Waals surface area contributed by atoms with Crippen LogP contribution in [-0.2, 0) is 25.5 Å². The van der Waals surface area contributed by atoms with Crippen LogP contribution in [-0.4, -0.2) is 55.5 Å². The fraction of sp³-hybridized carbons (Fsp3) is 0.600. The fourth-order valence-corrected chi connectivity index (χ4v) is 4.29. The number of hydrogen-bond acceptors (Lipinski definition) is 6. The predicted molar refractivity (Wildman–Crippen MR) is 125 cm³/mol. The van der Waals surface area contributed by atoms with Gasteiger partial charge in [-0.3, -0.25) is 9.59 Å². The molecule has 186 valence electrons. The van der Waals surface area contributed by atoms with Gasteiger partial charge in [-0.1, -0.05) is 26.0 Å². The van der Waals surface area contributed by atoms with Crippen molar-refractivity contribution in [3.8, 4) is 5.75 Å². The number of benzene rings is 1. The van der Waals surface area contributed by atoms with Crippen LogP contribution in [0.4, 0.5) is 4.79 Å². The second-order valence-corrected chi connectivity index (χ2v) is 9.69. The number of nitrogens with one attached hydrogen (secondary N) is 3. The Morgan fingerprint density at radius 1 is 1.26 bits per heavy atom. The van der Waals surface area contributed by atoms with Gasteiger partial charge in [0.25, 0.3) is 0 Å². The molecule has 1 saturated heterocycles. The van der Waals surface area contributed by atoms with Crippen LogP contribution in [0, 0.1) is 11.8 Å². The van der Waals surface area contributed by atoms with Crippen LogP contribution in [0.5, 0.6) is 5.75 Å². The lowest BCUT2D eigenvalue weighted by molar-refractivity contribution is -0.127. The molecule has 1 aromatic carbocycles. The molecular weight excluding hydrogens is 438 g/mol. The first kappa shape index (κ1) is 25.5. The van der Waals surface area contributed by atoms with E-state index in [-0.39, 0.29) is 24.2 Å². The van der Waals surface area contributed by atoms with Gasteiger partial charge in [0, 0.05) is 18.9 Å². The first-order chi connectivity index (χ1) is 16.2. The van der Waals surface area contributed by atoms with E-state index in [1.165, 1.54) is 0 Å². The van der Waals surface area contributed by atoms with Crippen LogP contribution in [0.1, 0.15) is 51.5 Å². The highest BCUT2D eigenvalue weighted by atomic mass is 16.6. The zero-order chi connectivity index (χ0) is 24.7. The van der Waals surface area contributed by atoms with Gasteiger partial charge in [-0.05, 0) is 55.7 Å². The minimum Gasteiger partial charge on any atom is -0.497 e. The van der Waals surface area contributed by atoms with Gasteiger partial charge in [0.15, 0.2) is 0 Å². The van der Waals surface area contributed by atoms with Crippen molar-refractivity contribution in [2.45, 2.75) is 70.1 Å². The van der Waals surface area contributed by atoms with Gasteiger partial charge in [0.1, 0.15) is 23.7 Å². The highest BCUT2D eigenvalue weighted by molar-refractivity contribution is 5.88. The normalized spacial score (nSPS) is 20.1. The molecule has 0 unspecified atom stereocenters. The fourth-order valence-electron chi connectivity index (χ4n) is 4.29. The van der Waals surface area contributed by atoms with Crippen molar-refractivity contribution in [1.82, 2.24) is 16.0 Å². The van der Waals surface area contributed by atoms with Crippen molar-refractivity contribution in [2.24, 2.45) is 11.8 Å². The monoisotopic (exact) mass is 473 g/mol. The molecule has 2 fully saturated rings. The number of rotatable bonds is 12. The molecule has 0 bridgehead atoms. The minimum absolute atomic E-state index is 0.104. The number of amides is 3. The molecule has 2 aliphatic rings. The molecular formula is C25H35N3O6. The van der Waals surface area contributed by atoms with Crippen LogP contribution < -0.4 is 20.7 Å². The lowest BCUT2D eigenvalue weighted by atomic mass is 9.98. The van der Waals surface area contributed by atoms with Crippen molar-refractivity contribution in [3.63, 3.8) is 0 Å². The minimum atomic E-state index is -0.847. The number of ether oxygens (including phenoxy) is 2. The summed E-state index contributed by atoms with van der Waals surface area (Å²) in [5.74, 6) is -0.00125. The second kappa shape index (κ2) is 11.4. The van der Waals surface area contributed by atoms with E-state index in [0.29, 0.717) is 32.1 Å². The summed E-state index contributed by atoms with van der Waals surface area (Å²) in [4.78, 5) is 49.0. The Labute approximate surface area is 200 Å². The topological polar surface area (TPSA) is 123 Å². The largest absolute Gasteiger partial charge is 0.497 e. The lowest BCUT2D eigenvalue weighted by Gasteiger charge is -2.24. The van der Waals surface area contributed by atoms with E-state index < -0.39 is 29.7 Å². The number of methoxy groups -OCH3 is 1. The van der Waals surface area contributed by atoms with E-state index in [0.717, 1.165) is 24.2 Å². The van der Waals surface area contributed by atoms with Crippen molar-refractivity contribution in [2.75, 3.05) is 13.7 Å². The van der Waals surface area contributed by atoms with Crippen LogP contribution in [0.15, 0.2) is 24.3 Å². The number of carbonyl (C=O) groups excluding carboxylic acids is 4. The quantitative estimate of drug-likeness (QED) is 0.400. The van der Waals surface area contributed by atoms with E-state index in [4.69, 9.17) is 9.47 Å². The smallest absolute Gasteiger partial charge is 0.408 e. The molecule has 1 saturated carbocycles. The molecule has 0 spiro atoms. The highest BCUT2D eigenvalue weighted by Crippen LogP contribution is 2.43. The van der Waals surface area contributed by atoms with Crippen LogP contribution in [0.25, 0.3) is 0 Å². The Balaban J connectivity index is 1.57. The van der Waals surface area contributed by atoms with E-state index in [9.17, 15) is 19.2 Å². The summed E-state index contributed by atoms with van der Waals surface area (Å²) in [5, 5.41) is 8.11. The molecule has 3 atom stereocenters. The van der Waals surface area contributed by atoms with Gasteiger partial charge in [-0.2, -0.15) is 0 Å². The van der Waals surface area contributed by atoms with E-state index in [1.807, 2.05) is 38.1 Å². The Morgan fingerprint density at radius 2 is 2.03 bits per heavy atom. The summed E-state index contributed by atoms with van der Waals surface area (Å²) < 4.78 is 11.0. The molecule has 3 N–H and O–H groups in total. The SMILES string of the molecule is COc1cccc(CC2(OC(=O)N[C@@H](CC(C)C)C(=O)N[C@H](C=O)C[C@@H]3CCNC3=O)CC2)c1. The maximum absolute atomic E-state index is 12.9. The zero-order valence-corrected chi connectivity index (χ0v) is 20.1. The van der Waals surface area contributed by atoms with Gasteiger partial charge in [0.05, 0.1) is 13.2 Å². The maximum Gasteiger partial charge on any atom is 0.408 e. The van der Waals surface area contributed by atoms with E-state index >= 15 is 0 Å². The van der Waals surface area contributed by atoms with Crippen molar-refractivity contribution in [1.29, 1.82) is 0 Å². The summed E-state index contributed by atoms with van der Waals surface area (Å²) in [6.07, 6.45) is 3.30. The third-order valence-corrected chi connectivity index (χ3v) is 6.29. The average molecular weight is 474 g/mol.